The van der Waals surface area contributed by atoms with Crippen molar-refractivity contribution in [1.29, 1.82) is 0 Å². The Bertz CT molecular complexity index is 482. The predicted molar refractivity (Wildman–Crippen MR) is 75.8 cm³/mol. The molecule has 112 valence electrons. The molecular formula is C12H14ClF3N2OS. The monoisotopic (exact) mass is 326 g/mol. The quantitative estimate of drug-likeness (QED) is 0.788. The first-order chi connectivity index (χ1) is 9.23. The van der Waals surface area contributed by atoms with Crippen molar-refractivity contribution >= 4 is 28.8 Å². The zero-order chi connectivity index (χ0) is 15.3. The molecule has 0 amide bonds. The highest BCUT2D eigenvalue weighted by molar-refractivity contribution is 7.80. The normalized spacial score (nSPS) is 11.9. The summed E-state index contributed by atoms with van der Waals surface area (Å²) in [5.74, 6) is 0. The molecule has 0 aromatic heterocycles. The Morgan fingerprint density at radius 1 is 1.40 bits per heavy atom. The van der Waals surface area contributed by atoms with Crippen LogP contribution in [0.2, 0.25) is 5.02 Å². The van der Waals surface area contributed by atoms with E-state index in [0.29, 0.717) is 16.1 Å². The molecule has 8 heteroatoms. The number of aliphatic hydroxyl groups is 1. The van der Waals surface area contributed by atoms with E-state index < -0.39 is 12.7 Å². The largest absolute Gasteiger partial charge is 0.401 e. The van der Waals surface area contributed by atoms with Crippen molar-refractivity contribution in [3.63, 3.8) is 0 Å². The lowest BCUT2D eigenvalue weighted by Gasteiger charge is -2.23. The van der Waals surface area contributed by atoms with Crippen LogP contribution in [0.15, 0.2) is 18.2 Å². The highest BCUT2D eigenvalue weighted by atomic mass is 35.5. The van der Waals surface area contributed by atoms with Gasteiger partial charge in [0.05, 0.1) is 13.2 Å². The summed E-state index contributed by atoms with van der Waals surface area (Å²) in [5.41, 5.74) is 6.52. The molecule has 20 heavy (non-hydrogen) atoms. The molecule has 3 nitrogen and oxygen atoms in total. The number of nitrogens with zero attached hydrogens (tertiary/aromatic N) is 1. The summed E-state index contributed by atoms with van der Waals surface area (Å²) in [6, 6.07) is 4.70. The molecule has 1 rings (SSSR count). The van der Waals surface area contributed by atoms with E-state index in [-0.39, 0.29) is 24.7 Å². The smallest absolute Gasteiger partial charge is 0.395 e. The Morgan fingerprint density at radius 2 is 2.05 bits per heavy atom. The average Bonchev–Trinajstić information content (AvgIpc) is 2.29. The maximum absolute atomic E-state index is 12.4. The van der Waals surface area contributed by atoms with Gasteiger partial charge in [-0.3, -0.25) is 4.90 Å². The average molecular weight is 327 g/mol. The second-order valence-electron chi connectivity index (χ2n) is 4.22. The summed E-state index contributed by atoms with van der Waals surface area (Å²) in [4.78, 5) is 1.24. The number of halogens is 4. The molecule has 1 aromatic carbocycles. The van der Waals surface area contributed by atoms with Crippen LogP contribution in [0, 0.1) is 0 Å². The van der Waals surface area contributed by atoms with Gasteiger partial charge in [-0.1, -0.05) is 36.0 Å². The maximum Gasteiger partial charge on any atom is 0.401 e. The Kier molecular flexibility index (Phi) is 6.19. The Hall–Kier alpha value is -0.890. The van der Waals surface area contributed by atoms with E-state index in [1.165, 1.54) is 6.07 Å². The molecular weight excluding hydrogens is 313 g/mol. The third-order valence-corrected chi connectivity index (χ3v) is 3.14. The Labute approximate surface area is 125 Å². The van der Waals surface area contributed by atoms with Crippen molar-refractivity contribution in [2.75, 3.05) is 19.7 Å². The van der Waals surface area contributed by atoms with Crippen LogP contribution in [0.3, 0.4) is 0 Å². The number of rotatable bonds is 6. The van der Waals surface area contributed by atoms with Gasteiger partial charge in [0.25, 0.3) is 0 Å². The van der Waals surface area contributed by atoms with E-state index in [4.69, 9.17) is 34.7 Å². The van der Waals surface area contributed by atoms with Crippen LogP contribution in [0.25, 0.3) is 0 Å². The molecule has 0 aliphatic carbocycles. The fourth-order valence-electron chi connectivity index (χ4n) is 1.68. The van der Waals surface area contributed by atoms with Crippen LogP contribution < -0.4 is 5.73 Å². The lowest BCUT2D eigenvalue weighted by Crippen LogP contribution is -2.35. The van der Waals surface area contributed by atoms with E-state index in [2.05, 4.69) is 0 Å². The molecule has 0 aliphatic rings. The van der Waals surface area contributed by atoms with Crippen LogP contribution in [0.5, 0.6) is 0 Å². The molecule has 0 radical (unpaired) electrons. The van der Waals surface area contributed by atoms with Crippen molar-refractivity contribution in [2.45, 2.75) is 12.7 Å². The zero-order valence-corrected chi connectivity index (χ0v) is 12.0. The SMILES string of the molecule is NC(=S)c1ccc(CN(CCO)CC(F)(F)F)c(Cl)c1. The second kappa shape index (κ2) is 7.21. The van der Waals surface area contributed by atoms with Gasteiger partial charge in [-0.05, 0) is 11.6 Å². The predicted octanol–water partition coefficient (Wildman–Crippen LogP) is 2.33. The second-order valence-corrected chi connectivity index (χ2v) is 5.07. The van der Waals surface area contributed by atoms with Gasteiger partial charge in [0, 0.05) is 23.7 Å². The lowest BCUT2D eigenvalue weighted by molar-refractivity contribution is -0.147. The van der Waals surface area contributed by atoms with Crippen molar-refractivity contribution in [1.82, 2.24) is 4.90 Å². The van der Waals surface area contributed by atoms with E-state index in [1.807, 2.05) is 0 Å². The summed E-state index contributed by atoms with van der Waals surface area (Å²) in [6.07, 6.45) is -4.33. The number of nitrogens with two attached hydrogens (primary N) is 1. The van der Waals surface area contributed by atoms with E-state index in [0.717, 1.165) is 4.90 Å². The molecule has 0 aliphatic heterocycles. The van der Waals surface area contributed by atoms with Crippen LogP contribution >= 0.6 is 23.8 Å². The topological polar surface area (TPSA) is 49.5 Å². The van der Waals surface area contributed by atoms with Gasteiger partial charge in [0.2, 0.25) is 0 Å². The minimum Gasteiger partial charge on any atom is -0.395 e. The maximum atomic E-state index is 12.4. The molecule has 1 aromatic rings. The molecule has 0 fully saturated rings. The molecule has 0 spiro atoms. The first-order valence-corrected chi connectivity index (χ1v) is 6.49. The summed E-state index contributed by atoms with van der Waals surface area (Å²) >= 11 is 10.8. The highest BCUT2D eigenvalue weighted by Crippen LogP contribution is 2.22. The van der Waals surface area contributed by atoms with Crippen LogP contribution in [-0.2, 0) is 6.54 Å². The number of hydrogen-bond donors (Lipinski definition) is 2. The van der Waals surface area contributed by atoms with Crippen molar-refractivity contribution in [3.8, 4) is 0 Å². The van der Waals surface area contributed by atoms with Crippen molar-refractivity contribution in [3.05, 3.63) is 34.3 Å². The first kappa shape index (κ1) is 17.2. The molecule has 0 unspecified atom stereocenters. The van der Waals surface area contributed by atoms with Gasteiger partial charge in [-0.2, -0.15) is 13.2 Å². The number of benzene rings is 1. The van der Waals surface area contributed by atoms with Gasteiger partial charge < -0.3 is 10.8 Å². The molecule has 0 saturated heterocycles. The minimum absolute atomic E-state index is 0.0173. The number of alkyl halides is 3. The van der Waals surface area contributed by atoms with Crippen LogP contribution in [0.4, 0.5) is 13.2 Å². The third-order valence-electron chi connectivity index (χ3n) is 2.55. The highest BCUT2D eigenvalue weighted by Gasteiger charge is 2.30. The fraction of sp³-hybridized carbons (Fsp3) is 0.417. The summed E-state index contributed by atoms with van der Waals surface area (Å²) < 4.78 is 37.2. The first-order valence-electron chi connectivity index (χ1n) is 5.71. The van der Waals surface area contributed by atoms with Gasteiger partial charge in [-0.25, -0.2) is 0 Å². The third kappa shape index (κ3) is 5.62. The van der Waals surface area contributed by atoms with E-state index >= 15 is 0 Å². The fourth-order valence-corrected chi connectivity index (χ4v) is 2.05. The van der Waals surface area contributed by atoms with Gasteiger partial charge in [0.1, 0.15) is 4.99 Å². The number of aliphatic hydroxyl groups excluding tert-OH is 1. The molecule has 0 heterocycles. The van der Waals surface area contributed by atoms with Crippen molar-refractivity contribution in [2.24, 2.45) is 5.73 Å². The minimum atomic E-state index is -4.33. The summed E-state index contributed by atoms with van der Waals surface area (Å²) in [7, 11) is 0. The Morgan fingerprint density at radius 3 is 2.50 bits per heavy atom. The number of hydrogen-bond acceptors (Lipinski definition) is 3. The standard InChI is InChI=1S/C12H14ClF3N2OS/c13-10-5-8(11(17)20)1-2-9(10)6-18(3-4-19)7-12(14,15)16/h1-2,5,19H,3-4,6-7H2,(H2,17,20). The summed E-state index contributed by atoms with van der Waals surface area (Å²) in [5, 5.41) is 9.11. The van der Waals surface area contributed by atoms with E-state index in [1.54, 1.807) is 12.1 Å². The van der Waals surface area contributed by atoms with Crippen LogP contribution in [-0.4, -0.2) is 40.9 Å². The molecule has 0 saturated carbocycles. The molecule has 3 N–H and O–H groups in total. The molecule has 0 bridgehead atoms. The number of thiocarbonyl (C=S) groups is 1. The molecule has 0 atom stereocenters. The van der Waals surface area contributed by atoms with Gasteiger partial charge >= 0.3 is 6.18 Å². The van der Waals surface area contributed by atoms with Crippen molar-refractivity contribution < 1.29 is 18.3 Å². The zero-order valence-electron chi connectivity index (χ0n) is 10.5. The Balaban J connectivity index is 2.85. The van der Waals surface area contributed by atoms with E-state index in [9.17, 15) is 13.2 Å². The summed E-state index contributed by atoms with van der Waals surface area (Å²) in [6.45, 7) is -1.58. The van der Waals surface area contributed by atoms with Gasteiger partial charge in [0.15, 0.2) is 0 Å². The van der Waals surface area contributed by atoms with Gasteiger partial charge in [-0.15, -0.1) is 0 Å². The lowest BCUT2D eigenvalue weighted by atomic mass is 10.1. The van der Waals surface area contributed by atoms with Crippen LogP contribution in [0.1, 0.15) is 11.1 Å².